The Balaban J connectivity index is 2.62. The Hall–Kier alpha value is -1.14. The van der Waals surface area contributed by atoms with Crippen molar-refractivity contribution in [2.24, 2.45) is 5.92 Å². The minimum atomic E-state index is -2.43. The van der Waals surface area contributed by atoms with Gasteiger partial charge in [-0.05, 0) is 45.3 Å². The summed E-state index contributed by atoms with van der Waals surface area (Å²) < 4.78 is 28.8. The van der Waals surface area contributed by atoms with E-state index in [0.29, 0.717) is 18.2 Å². The van der Waals surface area contributed by atoms with Crippen LogP contribution in [0.4, 0.5) is 8.78 Å². The van der Waals surface area contributed by atoms with Gasteiger partial charge in [0.05, 0.1) is 6.61 Å². The lowest BCUT2D eigenvalue weighted by Crippen LogP contribution is -2.19. The molecule has 21 heavy (non-hydrogen) atoms. The first-order chi connectivity index (χ1) is 9.93. The zero-order valence-electron chi connectivity index (χ0n) is 13.2. The fraction of sp³-hybridized carbons (Fsp3) is 0.733. The van der Waals surface area contributed by atoms with Crippen LogP contribution in [0, 0.1) is 19.8 Å². The molecule has 0 saturated carbocycles. The van der Waals surface area contributed by atoms with Crippen molar-refractivity contribution in [3.8, 4) is 0 Å². The van der Waals surface area contributed by atoms with Crippen LogP contribution in [0.1, 0.15) is 29.7 Å². The average molecular weight is 301 g/mol. The topological polar surface area (TPSA) is 47.0 Å². The summed E-state index contributed by atoms with van der Waals surface area (Å²) in [6.07, 6.45) is -1.04. The normalized spacial score (nSPS) is 12.9. The van der Waals surface area contributed by atoms with Crippen molar-refractivity contribution in [1.29, 1.82) is 0 Å². The summed E-state index contributed by atoms with van der Waals surface area (Å²) >= 11 is 0. The number of halogens is 2. The molecule has 0 amide bonds. The Kier molecular flexibility index (Phi) is 7.67. The summed E-state index contributed by atoms with van der Waals surface area (Å²) in [5, 5.41) is 3.16. The van der Waals surface area contributed by atoms with E-state index in [1.165, 1.54) is 5.56 Å². The summed E-state index contributed by atoms with van der Waals surface area (Å²) in [7, 11) is 1.94. The summed E-state index contributed by atoms with van der Waals surface area (Å²) in [6, 6.07) is 0. The van der Waals surface area contributed by atoms with Crippen LogP contribution in [0.15, 0.2) is 0 Å². The first-order valence-corrected chi connectivity index (χ1v) is 7.27. The number of nitrogens with zero attached hydrogens (tertiary/aromatic N) is 2. The van der Waals surface area contributed by atoms with E-state index >= 15 is 0 Å². The molecule has 1 aromatic rings. The summed E-state index contributed by atoms with van der Waals surface area (Å²) in [6.45, 7) is 6.76. The standard InChI is InChI=1S/C15H25F2N3O/c1-10(8-18-4)7-13-11(2)19-15(20-12(13)3)5-6-21-9-14(16)17/h10,14,18H,5-9H2,1-4H3. The number of aromatic nitrogens is 2. The molecule has 1 rings (SSSR count). The van der Waals surface area contributed by atoms with Crippen molar-refractivity contribution in [2.75, 3.05) is 26.8 Å². The molecule has 0 aromatic carbocycles. The van der Waals surface area contributed by atoms with Gasteiger partial charge in [-0.3, -0.25) is 0 Å². The van der Waals surface area contributed by atoms with Crippen LogP contribution >= 0.6 is 0 Å². The van der Waals surface area contributed by atoms with E-state index in [9.17, 15) is 8.78 Å². The molecule has 0 saturated heterocycles. The first kappa shape index (κ1) is 17.9. The first-order valence-electron chi connectivity index (χ1n) is 7.27. The van der Waals surface area contributed by atoms with Crippen molar-refractivity contribution in [2.45, 2.75) is 40.0 Å². The molecule has 1 atom stereocenters. The van der Waals surface area contributed by atoms with Gasteiger partial charge in [-0.1, -0.05) is 6.92 Å². The second kappa shape index (κ2) is 9.00. The van der Waals surface area contributed by atoms with E-state index in [0.717, 1.165) is 24.4 Å². The lowest BCUT2D eigenvalue weighted by atomic mass is 9.98. The van der Waals surface area contributed by atoms with Crippen LogP contribution in [-0.2, 0) is 17.6 Å². The molecule has 1 N–H and O–H groups in total. The molecule has 0 radical (unpaired) electrons. The number of nitrogens with one attached hydrogen (secondary N) is 1. The second-order valence-electron chi connectivity index (χ2n) is 5.37. The van der Waals surface area contributed by atoms with Crippen LogP contribution in [0.5, 0.6) is 0 Å². The van der Waals surface area contributed by atoms with Gasteiger partial charge in [0.1, 0.15) is 12.4 Å². The van der Waals surface area contributed by atoms with Gasteiger partial charge in [0.15, 0.2) is 0 Å². The van der Waals surface area contributed by atoms with Crippen LogP contribution in [0.25, 0.3) is 0 Å². The van der Waals surface area contributed by atoms with Crippen LogP contribution in [0.3, 0.4) is 0 Å². The van der Waals surface area contributed by atoms with E-state index in [-0.39, 0.29) is 6.61 Å². The molecule has 1 heterocycles. The Bertz CT molecular complexity index is 418. The number of ether oxygens (including phenoxy) is 1. The summed E-state index contributed by atoms with van der Waals surface area (Å²) in [5.41, 5.74) is 3.11. The van der Waals surface area contributed by atoms with Gasteiger partial charge in [-0.2, -0.15) is 0 Å². The molecule has 1 aromatic heterocycles. The molecule has 0 bridgehead atoms. The highest BCUT2D eigenvalue weighted by molar-refractivity contribution is 5.25. The SMILES string of the molecule is CNCC(C)Cc1c(C)nc(CCOCC(F)F)nc1C. The maximum absolute atomic E-state index is 12.0. The zero-order valence-corrected chi connectivity index (χ0v) is 13.2. The van der Waals surface area contributed by atoms with Gasteiger partial charge in [0.25, 0.3) is 6.43 Å². The quantitative estimate of drug-likeness (QED) is 0.711. The zero-order chi connectivity index (χ0) is 15.8. The molecular formula is C15H25F2N3O. The van der Waals surface area contributed by atoms with E-state index in [2.05, 4.69) is 22.2 Å². The molecule has 0 aliphatic carbocycles. The van der Waals surface area contributed by atoms with Crippen LogP contribution in [0.2, 0.25) is 0 Å². The molecule has 4 nitrogen and oxygen atoms in total. The molecule has 1 unspecified atom stereocenters. The number of hydrogen-bond donors (Lipinski definition) is 1. The third-order valence-electron chi connectivity index (χ3n) is 3.29. The van der Waals surface area contributed by atoms with Crippen molar-refractivity contribution < 1.29 is 13.5 Å². The highest BCUT2D eigenvalue weighted by Gasteiger charge is 2.12. The van der Waals surface area contributed by atoms with Gasteiger partial charge in [0, 0.05) is 17.8 Å². The van der Waals surface area contributed by atoms with Gasteiger partial charge < -0.3 is 10.1 Å². The van der Waals surface area contributed by atoms with Crippen molar-refractivity contribution >= 4 is 0 Å². The lowest BCUT2D eigenvalue weighted by Gasteiger charge is -2.15. The number of alkyl halides is 2. The minimum absolute atomic E-state index is 0.221. The predicted molar refractivity (Wildman–Crippen MR) is 78.8 cm³/mol. The molecule has 6 heteroatoms. The Morgan fingerprint density at radius 3 is 2.33 bits per heavy atom. The van der Waals surface area contributed by atoms with E-state index in [1.807, 2.05) is 20.9 Å². The molecule has 0 spiro atoms. The molecule has 120 valence electrons. The van der Waals surface area contributed by atoms with Gasteiger partial charge in [-0.25, -0.2) is 18.7 Å². The molecule has 0 aliphatic heterocycles. The van der Waals surface area contributed by atoms with Crippen molar-refractivity contribution in [3.63, 3.8) is 0 Å². The van der Waals surface area contributed by atoms with Crippen LogP contribution < -0.4 is 5.32 Å². The van der Waals surface area contributed by atoms with E-state index < -0.39 is 13.0 Å². The van der Waals surface area contributed by atoms with E-state index in [4.69, 9.17) is 4.74 Å². The maximum atomic E-state index is 12.0. The minimum Gasteiger partial charge on any atom is -0.375 e. The number of hydrogen-bond acceptors (Lipinski definition) is 4. The fourth-order valence-corrected chi connectivity index (χ4v) is 2.32. The van der Waals surface area contributed by atoms with Gasteiger partial charge >= 0.3 is 0 Å². The average Bonchev–Trinajstić information content (AvgIpc) is 2.39. The van der Waals surface area contributed by atoms with Gasteiger partial charge in [-0.15, -0.1) is 0 Å². The largest absolute Gasteiger partial charge is 0.375 e. The Morgan fingerprint density at radius 1 is 1.19 bits per heavy atom. The number of rotatable bonds is 9. The smallest absolute Gasteiger partial charge is 0.261 e. The third-order valence-corrected chi connectivity index (χ3v) is 3.29. The molecular weight excluding hydrogens is 276 g/mol. The lowest BCUT2D eigenvalue weighted by molar-refractivity contribution is 0.0182. The fourth-order valence-electron chi connectivity index (χ4n) is 2.32. The summed E-state index contributed by atoms with van der Waals surface area (Å²) in [5.74, 6) is 1.17. The molecule has 0 aliphatic rings. The van der Waals surface area contributed by atoms with E-state index in [1.54, 1.807) is 0 Å². The highest BCUT2D eigenvalue weighted by atomic mass is 19.3. The monoisotopic (exact) mass is 301 g/mol. The van der Waals surface area contributed by atoms with Crippen LogP contribution in [-0.4, -0.2) is 43.2 Å². The highest BCUT2D eigenvalue weighted by Crippen LogP contribution is 2.15. The Morgan fingerprint density at radius 2 is 1.81 bits per heavy atom. The third kappa shape index (κ3) is 6.44. The second-order valence-corrected chi connectivity index (χ2v) is 5.37. The van der Waals surface area contributed by atoms with Gasteiger partial charge in [0.2, 0.25) is 0 Å². The summed E-state index contributed by atoms with van der Waals surface area (Å²) in [4.78, 5) is 8.93. The molecule has 0 fully saturated rings. The van der Waals surface area contributed by atoms with Crippen molar-refractivity contribution in [3.05, 3.63) is 22.8 Å². The number of aryl methyl sites for hydroxylation is 2. The maximum Gasteiger partial charge on any atom is 0.261 e. The predicted octanol–water partition coefficient (Wildman–Crippen LogP) is 2.32. The van der Waals surface area contributed by atoms with Crippen molar-refractivity contribution in [1.82, 2.24) is 15.3 Å². The Labute approximate surface area is 125 Å².